The highest BCUT2D eigenvalue weighted by atomic mass is 16.5. The molecule has 1 unspecified atom stereocenters. The summed E-state index contributed by atoms with van der Waals surface area (Å²) in [7, 11) is 3.13. The van der Waals surface area contributed by atoms with Gasteiger partial charge in [-0.1, -0.05) is 36.4 Å². The number of nitrogens with zero attached hydrogens (tertiary/aromatic N) is 1. The van der Waals surface area contributed by atoms with Crippen molar-refractivity contribution >= 4 is 28.3 Å². The molecule has 4 rings (SSSR count). The Labute approximate surface area is 181 Å². The number of hydrogen-bond acceptors (Lipinski definition) is 4. The van der Waals surface area contributed by atoms with Gasteiger partial charge in [0, 0.05) is 24.7 Å². The third kappa shape index (κ3) is 4.33. The number of benzene rings is 3. The molecule has 160 valence electrons. The third-order valence-electron chi connectivity index (χ3n) is 5.76. The Balaban J connectivity index is 1.51. The summed E-state index contributed by atoms with van der Waals surface area (Å²) in [6.07, 6.45) is 1.52. The van der Waals surface area contributed by atoms with E-state index in [0.29, 0.717) is 35.8 Å². The average molecular weight is 418 g/mol. The van der Waals surface area contributed by atoms with Crippen LogP contribution in [0.25, 0.3) is 10.8 Å². The Bertz CT molecular complexity index is 1110. The van der Waals surface area contributed by atoms with Gasteiger partial charge in [-0.25, -0.2) is 0 Å². The normalized spacial score (nSPS) is 16.1. The minimum Gasteiger partial charge on any atom is -0.497 e. The lowest BCUT2D eigenvalue weighted by molar-refractivity contribution is -0.121. The molecule has 3 aromatic carbocycles. The van der Waals surface area contributed by atoms with Crippen LogP contribution < -0.4 is 14.8 Å². The van der Waals surface area contributed by atoms with Gasteiger partial charge in [0.1, 0.15) is 11.5 Å². The zero-order chi connectivity index (χ0) is 21.8. The maximum atomic E-state index is 13.3. The number of hydrogen-bond donors (Lipinski definition) is 1. The first-order valence-corrected chi connectivity index (χ1v) is 10.4. The Morgan fingerprint density at radius 2 is 1.81 bits per heavy atom. The van der Waals surface area contributed by atoms with Crippen molar-refractivity contribution in [1.82, 2.24) is 4.90 Å². The highest BCUT2D eigenvalue weighted by Crippen LogP contribution is 2.30. The number of rotatable bonds is 5. The molecule has 1 atom stereocenters. The molecule has 0 saturated carbocycles. The number of anilines is 1. The van der Waals surface area contributed by atoms with Gasteiger partial charge >= 0.3 is 0 Å². The Morgan fingerprint density at radius 1 is 1.00 bits per heavy atom. The van der Waals surface area contributed by atoms with Gasteiger partial charge in [0.15, 0.2) is 0 Å². The second-order valence-electron chi connectivity index (χ2n) is 7.67. The van der Waals surface area contributed by atoms with Gasteiger partial charge in [0.2, 0.25) is 5.91 Å². The molecule has 6 heteroatoms. The lowest BCUT2D eigenvalue weighted by atomic mass is 9.95. The Hall–Kier alpha value is -3.54. The number of fused-ring (bicyclic) bond motifs is 1. The highest BCUT2D eigenvalue weighted by molar-refractivity contribution is 6.07. The lowest BCUT2D eigenvalue weighted by Gasteiger charge is -2.32. The van der Waals surface area contributed by atoms with Crippen molar-refractivity contribution in [3.05, 3.63) is 66.2 Å². The highest BCUT2D eigenvalue weighted by Gasteiger charge is 2.30. The number of likely N-dealkylation sites (tertiary alicyclic amines) is 1. The van der Waals surface area contributed by atoms with Crippen LogP contribution in [0.5, 0.6) is 11.5 Å². The molecule has 1 aliphatic heterocycles. The number of ether oxygens (including phenoxy) is 2. The van der Waals surface area contributed by atoms with E-state index in [1.165, 1.54) is 0 Å². The molecule has 1 saturated heterocycles. The molecule has 1 aliphatic rings. The maximum Gasteiger partial charge on any atom is 0.254 e. The number of amides is 2. The van der Waals surface area contributed by atoms with Gasteiger partial charge in [-0.05, 0) is 41.8 Å². The molecule has 0 spiro atoms. The molecule has 6 nitrogen and oxygen atoms in total. The second kappa shape index (κ2) is 9.08. The average Bonchev–Trinajstić information content (AvgIpc) is 2.83. The fraction of sp³-hybridized carbons (Fsp3) is 0.280. The van der Waals surface area contributed by atoms with Crippen molar-refractivity contribution in [3.63, 3.8) is 0 Å². The van der Waals surface area contributed by atoms with E-state index < -0.39 is 0 Å². The summed E-state index contributed by atoms with van der Waals surface area (Å²) in [5.41, 5.74) is 1.23. The van der Waals surface area contributed by atoms with Crippen LogP contribution in [-0.4, -0.2) is 44.0 Å². The fourth-order valence-corrected chi connectivity index (χ4v) is 4.10. The van der Waals surface area contributed by atoms with Crippen LogP contribution in [-0.2, 0) is 4.79 Å². The molecule has 2 amide bonds. The van der Waals surface area contributed by atoms with E-state index in [-0.39, 0.29) is 17.7 Å². The minimum atomic E-state index is -0.288. The first-order valence-electron chi connectivity index (χ1n) is 10.4. The minimum absolute atomic E-state index is 0.0340. The summed E-state index contributed by atoms with van der Waals surface area (Å²) in [4.78, 5) is 28.1. The lowest BCUT2D eigenvalue weighted by Crippen LogP contribution is -2.43. The van der Waals surface area contributed by atoms with Crippen molar-refractivity contribution < 1.29 is 19.1 Å². The summed E-state index contributed by atoms with van der Waals surface area (Å²) >= 11 is 0. The Morgan fingerprint density at radius 3 is 2.61 bits per heavy atom. The number of piperidine rings is 1. The van der Waals surface area contributed by atoms with Crippen molar-refractivity contribution in [2.24, 2.45) is 5.92 Å². The van der Waals surface area contributed by atoms with E-state index in [1.807, 2.05) is 42.5 Å². The largest absolute Gasteiger partial charge is 0.497 e. The van der Waals surface area contributed by atoms with Gasteiger partial charge in [-0.15, -0.1) is 0 Å². The Kier molecular flexibility index (Phi) is 6.07. The monoisotopic (exact) mass is 418 g/mol. The number of carbonyl (C=O) groups excluding carboxylic acids is 2. The molecule has 1 N–H and O–H groups in total. The zero-order valence-electron chi connectivity index (χ0n) is 17.8. The van der Waals surface area contributed by atoms with E-state index in [2.05, 4.69) is 5.32 Å². The van der Waals surface area contributed by atoms with Crippen LogP contribution in [0.1, 0.15) is 23.2 Å². The molecular formula is C25H26N2O4. The summed E-state index contributed by atoms with van der Waals surface area (Å²) in [5.74, 6) is 0.750. The molecule has 0 aromatic heterocycles. The molecule has 3 aromatic rings. The molecule has 31 heavy (non-hydrogen) atoms. The first kappa shape index (κ1) is 20.7. The summed E-state index contributed by atoms with van der Waals surface area (Å²) in [5, 5.41) is 4.92. The SMILES string of the molecule is COc1ccc(OC)c(NC(=O)C2CCCN(C(=O)c3cccc4ccccc34)C2)c1. The summed E-state index contributed by atoms with van der Waals surface area (Å²) < 4.78 is 10.6. The fourth-order valence-electron chi connectivity index (χ4n) is 4.10. The van der Waals surface area contributed by atoms with Gasteiger partial charge < -0.3 is 19.7 Å². The van der Waals surface area contributed by atoms with E-state index in [4.69, 9.17) is 9.47 Å². The van der Waals surface area contributed by atoms with Crippen LogP contribution in [0, 0.1) is 5.92 Å². The van der Waals surface area contributed by atoms with Gasteiger partial charge in [-0.2, -0.15) is 0 Å². The van der Waals surface area contributed by atoms with Crippen molar-refractivity contribution in [2.75, 3.05) is 32.6 Å². The standard InChI is InChI=1S/C25H26N2O4/c1-30-19-12-13-23(31-2)22(15-19)26-24(28)18-9-6-14-27(16-18)25(29)21-11-5-8-17-7-3-4-10-20(17)21/h3-5,7-8,10-13,15,18H,6,9,14,16H2,1-2H3,(H,26,28). The smallest absolute Gasteiger partial charge is 0.254 e. The van der Waals surface area contributed by atoms with Crippen LogP contribution >= 0.6 is 0 Å². The van der Waals surface area contributed by atoms with Crippen LogP contribution in [0.15, 0.2) is 60.7 Å². The van der Waals surface area contributed by atoms with Crippen LogP contribution in [0.2, 0.25) is 0 Å². The number of nitrogens with one attached hydrogen (secondary N) is 1. The predicted molar refractivity (Wildman–Crippen MR) is 121 cm³/mol. The van der Waals surface area contributed by atoms with E-state index in [0.717, 1.165) is 23.6 Å². The molecular weight excluding hydrogens is 392 g/mol. The van der Waals surface area contributed by atoms with E-state index >= 15 is 0 Å². The molecule has 0 radical (unpaired) electrons. The van der Waals surface area contributed by atoms with Crippen molar-refractivity contribution in [1.29, 1.82) is 0 Å². The van der Waals surface area contributed by atoms with Gasteiger partial charge in [0.05, 0.1) is 25.8 Å². The first-order chi connectivity index (χ1) is 15.1. The third-order valence-corrected chi connectivity index (χ3v) is 5.76. The molecule has 1 heterocycles. The number of carbonyl (C=O) groups is 2. The van der Waals surface area contributed by atoms with Crippen LogP contribution in [0.4, 0.5) is 5.69 Å². The molecule has 1 fully saturated rings. The predicted octanol–water partition coefficient (Wildman–Crippen LogP) is 4.35. The quantitative estimate of drug-likeness (QED) is 0.669. The topological polar surface area (TPSA) is 67.9 Å². The summed E-state index contributed by atoms with van der Waals surface area (Å²) in [6, 6.07) is 18.9. The van der Waals surface area contributed by atoms with Gasteiger partial charge in [-0.3, -0.25) is 9.59 Å². The van der Waals surface area contributed by atoms with Crippen molar-refractivity contribution in [3.8, 4) is 11.5 Å². The van der Waals surface area contributed by atoms with Crippen LogP contribution in [0.3, 0.4) is 0 Å². The number of methoxy groups -OCH3 is 2. The zero-order valence-corrected chi connectivity index (χ0v) is 17.8. The molecule has 0 bridgehead atoms. The van der Waals surface area contributed by atoms with Gasteiger partial charge in [0.25, 0.3) is 5.91 Å². The van der Waals surface area contributed by atoms with Crippen molar-refractivity contribution in [2.45, 2.75) is 12.8 Å². The maximum absolute atomic E-state index is 13.3. The second-order valence-corrected chi connectivity index (χ2v) is 7.67. The van der Waals surface area contributed by atoms with E-state index in [9.17, 15) is 9.59 Å². The molecule has 0 aliphatic carbocycles. The van der Waals surface area contributed by atoms with E-state index in [1.54, 1.807) is 37.3 Å². The summed E-state index contributed by atoms with van der Waals surface area (Å²) in [6.45, 7) is 1.04.